The summed E-state index contributed by atoms with van der Waals surface area (Å²) in [5.74, 6) is 0. The van der Waals surface area contributed by atoms with E-state index in [2.05, 4.69) is 14.3 Å². The van der Waals surface area contributed by atoms with Crippen LogP contribution in [-0.2, 0) is 25.1 Å². The molecule has 0 aliphatic rings. The van der Waals surface area contributed by atoms with E-state index in [0.29, 0.717) is 0 Å². The monoisotopic (exact) mass is 231 g/mol. The maximum Gasteiger partial charge on any atom is 0.428 e. The van der Waals surface area contributed by atoms with Gasteiger partial charge in [-0.1, -0.05) is 30.3 Å². The first-order valence-electron chi connectivity index (χ1n) is 4.34. The maximum atomic E-state index is 11.5. The lowest BCUT2D eigenvalue weighted by atomic mass is 10.2. The molecule has 15 heavy (non-hydrogen) atoms. The van der Waals surface area contributed by atoms with Crippen molar-refractivity contribution in [2.45, 2.75) is 6.61 Å². The SMILES string of the molecule is COP(=O)(NOCc1ccccc1)OC. The van der Waals surface area contributed by atoms with Crippen molar-refractivity contribution >= 4 is 7.75 Å². The van der Waals surface area contributed by atoms with Gasteiger partial charge < -0.3 is 0 Å². The first-order valence-corrected chi connectivity index (χ1v) is 5.89. The molecule has 0 fully saturated rings. The van der Waals surface area contributed by atoms with Crippen molar-refractivity contribution in [3.05, 3.63) is 35.9 Å². The molecule has 1 aromatic carbocycles. The first-order chi connectivity index (χ1) is 7.20. The van der Waals surface area contributed by atoms with Gasteiger partial charge in [0, 0.05) is 14.2 Å². The van der Waals surface area contributed by atoms with Gasteiger partial charge in [-0.2, -0.15) is 0 Å². The van der Waals surface area contributed by atoms with E-state index >= 15 is 0 Å². The summed E-state index contributed by atoms with van der Waals surface area (Å²) in [5.41, 5.74) is 0.962. The van der Waals surface area contributed by atoms with Gasteiger partial charge in [0.1, 0.15) is 0 Å². The van der Waals surface area contributed by atoms with Crippen LogP contribution in [0.2, 0.25) is 0 Å². The molecule has 0 saturated heterocycles. The zero-order chi connectivity index (χ0) is 11.1. The fourth-order valence-corrected chi connectivity index (χ4v) is 1.44. The van der Waals surface area contributed by atoms with Gasteiger partial charge in [0.2, 0.25) is 0 Å². The summed E-state index contributed by atoms with van der Waals surface area (Å²) in [4.78, 5) is 5.00. The van der Waals surface area contributed by atoms with Crippen LogP contribution in [0.1, 0.15) is 5.56 Å². The van der Waals surface area contributed by atoms with Crippen LogP contribution in [0.15, 0.2) is 30.3 Å². The van der Waals surface area contributed by atoms with Gasteiger partial charge in [-0.15, -0.1) is 5.25 Å². The van der Waals surface area contributed by atoms with E-state index in [9.17, 15) is 4.57 Å². The molecular formula is C9H14NO4P. The Morgan fingerprint density at radius 3 is 2.33 bits per heavy atom. The highest BCUT2D eigenvalue weighted by molar-refractivity contribution is 7.51. The van der Waals surface area contributed by atoms with Crippen molar-refractivity contribution in [2.24, 2.45) is 0 Å². The average molecular weight is 231 g/mol. The Bertz CT molecular complexity index is 322. The molecule has 0 aliphatic carbocycles. The Labute approximate surface area is 88.9 Å². The highest BCUT2D eigenvalue weighted by Crippen LogP contribution is 2.41. The summed E-state index contributed by atoms with van der Waals surface area (Å²) in [6, 6.07) is 9.49. The minimum absolute atomic E-state index is 0.289. The molecule has 0 radical (unpaired) electrons. The number of rotatable bonds is 6. The van der Waals surface area contributed by atoms with Crippen LogP contribution >= 0.6 is 7.75 Å². The van der Waals surface area contributed by atoms with Crippen molar-refractivity contribution in [3.8, 4) is 0 Å². The first kappa shape index (κ1) is 12.4. The van der Waals surface area contributed by atoms with E-state index < -0.39 is 7.75 Å². The molecule has 1 rings (SSSR count). The fraction of sp³-hybridized carbons (Fsp3) is 0.333. The zero-order valence-corrected chi connectivity index (χ0v) is 9.57. The minimum Gasteiger partial charge on any atom is -0.299 e. The number of hydrogen-bond acceptors (Lipinski definition) is 4. The molecule has 0 aliphatic heterocycles. The highest BCUT2D eigenvalue weighted by atomic mass is 31.2. The molecule has 0 amide bonds. The third kappa shape index (κ3) is 4.11. The van der Waals surface area contributed by atoms with Gasteiger partial charge in [0.15, 0.2) is 0 Å². The smallest absolute Gasteiger partial charge is 0.299 e. The van der Waals surface area contributed by atoms with E-state index in [1.807, 2.05) is 30.3 Å². The van der Waals surface area contributed by atoms with Gasteiger partial charge in [-0.05, 0) is 5.56 Å². The zero-order valence-electron chi connectivity index (χ0n) is 8.67. The van der Waals surface area contributed by atoms with Gasteiger partial charge in [0.25, 0.3) is 0 Å². The largest absolute Gasteiger partial charge is 0.428 e. The molecule has 1 aromatic rings. The van der Waals surface area contributed by atoms with Crippen LogP contribution in [0, 0.1) is 0 Å². The summed E-state index contributed by atoms with van der Waals surface area (Å²) < 4.78 is 20.7. The van der Waals surface area contributed by atoms with E-state index in [0.717, 1.165) is 5.56 Å². The Morgan fingerprint density at radius 2 is 1.80 bits per heavy atom. The average Bonchev–Trinajstić information content (AvgIpc) is 2.30. The van der Waals surface area contributed by atoms with Crippen LogP contribution in [-0.4, -0.2) is 14.2 Å². The molecule has 0 saturated carbocycles. The Hall–Kier alpha value is -0.710. The lowest BCUT2D eigenvalue weighted by molar-refractivity contribution is 0.0530. The Kier molecular flexibility index (Phi) is 4.94. The second kappa shape index (κ2) is 6.00. The molecule has 0 heterocycles. The predicted molar refractivity (Wildman–Crippen MR) is 56.0 cm³/mol. The second-order valence-electron chi connectivity index (χ2n) is 2.73. The summed E-state index contributed by atoms with van der Waals surface area (Å²) in [7, 11) is -0.729. The Balaban J connectivity index is 2.36. The molecule has 5 nitrogen and oxygen atoms in total. The molecule has 0 aromatic heterocycles. The van der Waals surface area contributed by atoms with Gasteiger partial charge in [0.05, 0.1) is 6.61 Å². The van der Waals surface area contributed by atoms with Crippen LogP contribution in [0.5, 0.6) is 0 Å². The predicted octanol–water partition coefficient (Wildman–Crippen LogP) is 2.11. The third-order valence-corrected chi connectivity index (χ3v) is 3.05. The number of nitrogens with one attached hydrogen (secondary N) is 1. The number of hydrogen-bond donors (Lipinski definition) is 1. The van der Waals surface area contributed by atoms with Crippen molar-refractivity contribution in [1.29, 1.82) is 0 Å². The van der Waals surface area contributed by atoms with Gasteiger partial charge in [-0.3, -0.25) is 13.9 Å². The van der Waals surface area contributed by atoms with Crippen molar-refractivity contribution < 1.29 is 18.5 Å². The highest BCUT2D eigenvalue weighted by Gasteiger charge is 2.20. The normalized spacial score (nSPS) is 11.6. The topological polar surface area (TPSA) is 56.8 Å². The molecule has 84 valence electrons. The van der Waals surface area contributed by atoms with Crippen molar-refractivity contribution in [2.75, 3.05) is 14.2 Å². The van der Waals surface area contributed by atoms with Crippen molar-refractivity contribution in [3.63, 3.8) is 0 Å². The molecule has 0 spiro atoms. The lowest BCUT2D eigenvalue weighted by Gasteiger charge is -2.14. The van der Waals surface area contributed by atoms with Crippen LogP contribution in [0.25, 0.3) is 0 Å². The van der Waals surface area contributed by atoms with E-state index in [1.54, 1.807) is 0 Å². The molecular weight excluding hydrogens is 217 g/mol. The van der Waals surface area contributed by atoms with Crippen LogP contribution in [0.4, 0.5) is 0 Å². The molecule has 0 bridgehead atoms. The summed E-state index contributed by atoms with van der Waals surface area (Å²) in [6.45, 7) is 0.289. The second-order valence-corrected chi connectivity index (χ2v) is 4.64. The van der Waals surface area contributed by atoms with E-state index in [4.69, 9.17) is 4.84 Å². The van der Waals surface area contributed by atoms with Crippen LogP contribution < -0.4 is 5.25 Å². The third-order valence-electron chi connectivity index (χ3n) is 1.74. The van der Waals surface area contributed by atoms with Crippen LogP contribution in [0.3, 0.4) is 0 Å². The molecule has 6 heteroatoms. The summed E-state index contributed by atoms with van der Waals surface area (Å²) >= 11 is 0. The molecule has 0 atom stereocenters. The maximum absolute atomic E-state index is 11.5. The quantitative estimate of drug-likeness (QED) is 0.600. The minimum atomic E-state index is -3.29. The van der Waals surface area contributed by atoms with E-state index in [-0.39, 0.29) is 6.61 Å². The van der Waals surface area contributed by atoms with E-state index in [1.165, 1.54) is 14.2 Å². The molecule has 1 N–H and O–H groups in total. The number of benzene rings is 1. The van der Waals surface area contributed by atoms with Gasteiger partial charge in [-0.25, -0.2) is 4.57 Å². The Morgan fingerprint density at radius 1 is 1.20 bits per heavy atom. The molecule has 0 unspecified atom stereocenters. The lowest BCUT2D eigenvalue weighted by Crippen LogP contribution is -2.13. The fourth-order valence-electron chi connectivity index (χ4n) is 0.918. The summed E-state index contributed by atoms with van der Waals surface area (Å²) in [6.07, 6.45) is 0. The summed E-state index contributed by atoms with van der Waals surface area (Å²) in [5, 5.41) is 2.26. The van der Waals surface area contributed by atoms with Gasteiger partial charge >= 0.3 is 7.75 Å². The standard InChI is InChI=1S/C9H14NO4P/c1-12-15(11,13-2)10-14-8-9-6-4-3-5-7-9/h3-7H,8H2,1-2H3,(H,10,11). The van der Waals surface area contributed by atoms with Crippen molar-refractivity contribution in [1.82, 2.24) is 5.25 Å².